The van der Waals surface area contributed by atoms with Gasteiger partial charge in [-0.3, -0.25) is 15.3 Å². The summed E-state index contributed by atoms with van der Waals surface area (Å²) < 4.78 is 0. The number of aromatic nitrogens is 1. The van der Waals surface area contributed by atoms with Crippen LogP contribution in [0.4, 0.5) is 5.69 Å². The molecule has 0 saturated heterocycles. The van der Waals surface area contributed by atoms with Gasteiger partial charge in [0.1, 0.15) is 0 Å². The number of nitrogens with one attached hydrogen (secondary N) is 1. The number of fused-ring (bicyclic) bond motifs is 1. The lowest BCUT2D eigenvalue weighted by atomic mass is 10.0. The number of nitrogens with zero attached hydrogens (tertiary/aromatic N) is 1. The number of aryl methyl sites for hydroxylation is 1. The predicted molar refractivity (Wildman–Crippen MR) is 101 cm³/mol. The van der Waals surface area contributed by atoms with E-state index in [1.807, 2.05) is 43.5 Å². The molecule has 3 rings (SSSR count). The molecule has 0 aliphatic carbocycles. The maximum Gasteiger partial charge on any atom is 0.0701 e. The monoisotopic (exact) mass is 323 g/mol. The van der Waals surface area contributed by atoms with Gasteiger partial charge in [0.2, 0.25) is 0 Å². The Bertz CT molecular complexity index is 706. The fourth-order valence-corrected chi connectivity index (χ4v) is 2.47. The van der Waals surface area contributed by atoms with Crippen LogP contribution in [0, 0.1) is 6.92 Å². The second-order valence-corrected chi connectivity index (χ2v) is 5.82. The summed E-state index contributed by atoms with van der Waals surface area (Å²) in [6.07, 6.45) is 2.72. The molecule has 4 heteroatoms. The Morgan fingerprint density at radius 1 is 1.12 bits per heavy atom. The number of hydrogen-bond acceptors (Lipinski definition) is 4. The molecule has 0 saturated carbocycles. The van der Waals surface area contributed by atoms with Crippen LogP contribution >= 0.6 is 0 Å². The first-order chi connectivity index (χ1) is 11.6. The maximum absolute atomic E-state index is 5.75. The highest BCUT2D eigenvalue weighted by Gasteiger charge is 2.02. The number of anilines is 1. The van der Waals surface area contributed by atoms with Crippen molar-refractivity contribution in [1.82, 2.24) is 4.98 Å². The van der Waals surface area contributed by atoms with Crippen LogP contribution in [0.15, 0.2) is 60.8 Å². The standard InChI is InChI=1S/C11H18N2O.C9H7N/c1-8-6-11(13-14-3)5-4-10(8)7-9(2)12;1-2-6-9-8(4-1)5-3-7-10-9/h4-6,9,13H,7,12H2,1-3H3;1-7H. The minimum atomic E-state index is 0.204. The zero-order valence-electron chi connectivity index (χ0n) is 14.5. The topological polar surface area (TPSA) is 60.2 Å². The molecule has 3 aromatic rings. The summed E-state index contributed by atoms with van der Waals surface area (Å²) in [5, 5.41) is 1.20. The molecule has 2 aromatic carbocycles. The smallest absolute Gasteiger partial charge is 0.0701 e. The Labute approximate surface area is 143 Å². The molecule has 1 unspecified atom stereocenters. The molecule has 126 valence electrons. The molecular weight excluding hydrogens is 298 g/mol. The van der Waals surface area contributed by atoms with Gasteiger partial charge >= 0.3 is 0 Å². The van der Waals surface area contributed by atoms with Crippen molar-refractivity contribution < 1.29 is 4.84 Å². The van der Waals surface area contributed by atoms with Crippen LogP contribution in [-0.4, -0.2) is 18.1 Å². The zero-order valence-corrected chi connectivity index (χ0v) is 14.5. The summed E-state index contributed by atoms with van der Waals surface area (Å²) >= 11 is 0. The Balaban J connectivity index is 0.000000182. The second kappa shape index (κ2) is 9.01. The average Bonchev–Trinajstić information content (AvgIpc) is 2.58. The third-order valence-corrected chi connectivity index (χ3v) is 3.62. The Kier molecular flexibility index (Phi) is 6.73. The van der Waals surface area contributed by atoms with Crippen LogP contribution in [0.3, 0.4) is 0 Å². The maximum atomic E-state index is 5.75. The van der Waals surface area contributed by atoms with E-state index in [-0.39, 0.29) is 6.04 Å². The molecule has 0 bridgehead atoms. The zero-order chi connectivity index (χ0) is 17.4. The third kappa shape index (κ3) is 5.33. The first kappa shape index (κ1) is 17.9. The highest BCUT2D eigenvalue weighted by atomic mass is 16.6. The average molecular weight is 323 g/mol. The van der Waals surface area contributed by atoms with Crippen LogP contribution < -0.4 is 11.2 Å². The highest BCUT2D eigenvalue weighted by molar-refractivity contribution is 5.77. The van der Waals surface area contributed by atoms with Gasteiger partial charge in [-0.25, -0.2) is 0 Å². The predicted octanol–water partition coefficient (Wildman–Crippen LogP) is 4.09. The fraction of sp³-hybridized carbons (Fsp3) is 0.250. The van der Waals surface area contributed by atoms with Crippen molar-refractivity contribution in [3.63, 3.8) is 0 Å². The van der Waals surface area contributed by atoms with E-state index in [0.717, 1.165) is 17.6 Å². The van der Waals surface area contributed by atoms with Gasteiger partial charge in [-0.2, -0.15) is 0 Å². The lowest BCUT2D eigenvalue weighted by molar-refractivity contribution is 0.271. The molecule has 24 heavy (non-hydrogen) atoms. The Morgan fingerprint density at radius 2 is 1.88 bits per heavy atom. The number of para-hydroxylation sites is 1. The van der Waals surface area contributed by atoms with Gasteiger partial charge in [0.05, 0.1) is 18.3 Å². The largest absolute Gasteiger partial charge is 0.328 e. The van der Waals surface area contributed by atoms with E-state index in [2.05, 4.69) is 41.7 Å². The van der Waals surface area contributed by atoms with E-state index in [9.17, 15) is 0 Å². The van der Waals surface area contributed by atoms with E-state index in [0.29, 0.717) is 0 Å². The highest BCUT2D eigenvalue weighted by Crippen LogP contribution is 2.16. The van der Waals surface area contributed by atoms with E-state index >= 15 is 0 Å². The first-order valence-corrected chi connectivity index (χ1v) is 8.04. The fourth-order valence-electron chi connectivity index (χ4n) is 2.47. The van der Waals surface area contributed by atoms with Gasteiger partial charge in [-0.05, 0) is 55.7 Å². The molecule has 0 aliphatic rings. The number of nitrogens with two attached hydrogens (primary N) is 1. The lowest BCUT2D eigenvalue weighted by Crippen LogP contribution is -2.18. The summed E-state index contributed by atoms with van der Waals surface area (Å²) in [7, 11) is 1.60. The second-order valence-electron chi connectivity index (χ2n) is 5.82. The van der Waals surface area contributed by atoms with Crippen molar-refractivity contribution in [3.8, 4) is 0 Å². The van der Waals surface area contributed by atoms with Gasteiger partial charge in [0.25, 0.3) is 0 Å². The summed E-state index contributed by atoms with van der Waals surface area (Å²) in [6.45, 7) is 4.10. The lowest BCUT2D eigenvalue weighted by Gasteiger charge is -2.10. The molecule has 0 fully saturated rings. The summed E-state index contributed by atoms with van der Waals surface area (Å²) in [5.74, 6) is 0. The molecular formula is C20H25N3O. The Hall–Kier alpha value is -2.43. The van der Waals surface area contributed by atoms with Crippen molar-refractivity contribution in [1.29, 1.82) is 0 Å². The Morgan fingerprint density at radius 3 is 2.54 bits per heavy atom. The molecule has 0 amide bonds. The molecule has 0 radical (unpaired) electrons. The number of hydrogen-bond donors (Lipinski definition) is 2. The minimum absolute atomic E-state index is 0.204. The quantitative estimate of drug-likeness (QED) is 0.710. The van der Waals surface area contributed by atoms with Gasteiger partial charge < -0.3 is 5.73 Å². The van der Waals surface area contributed by atoms with Gasteiger partial charge in [0.15, 0.2) is 0 Å². The number of rotatable bonds is 4. The van der Waals surface area contributed by atoms with E-state index < -0.39 is 0 Å². The molecule has 0 aliphatic heterocycles. The normalized spacial score (nSPS) is 11.5. The van der Waals surface area contributed by atoms with Crippen molar-refractivity contribution in [2.45, 2.75) is 26.3 Å². The first-order valence-electron chi connectivity index (χ1n) is 8.04. The van der Waals surface area contributed by atoms with Crippen LogP contribution in [0.5, 0.6) is 0 Å². The van der Waals surface area contributed by atoms with Crippen LogP contribution in [0.2, 0.25) is 0 Å². The van der Waals surface area contributed by atoms with Gasteiger partial charge in [-0.1, -0.05) is 30.3 Å². The van der Waals surface area contributed by atoms with Crippen LogP contribution in [0.1, 0.15) is 18.1 Å². The number of benzene rings is 2. The van der Waals surface area contributed by atoms with E-state index in [1.54, 1.807) is 7.11 Å². The third-order valence-electron chi connectivity index (χ3n) is 3.62. The summed E-state index contributed by atoms with van der Waals surface area (Å²) in [4.78, 5) is 9.01. The van der Waals surface area contributed by atoms with Crippen molar-refractivity contribution in [3.05, 3.63) is 71.9 Å². The molecule has 0 spiro atoms. The van der Waals surface area contributed by atoms with Crippen molar-refractivity contribution in [2.24, 2.45) is 5.73 Å². The van der Waals surface area contributed by atoms with Gasteiger partial charge in [0, 0.05) is 17.6 Å². The van der Waals surface area contributed by atoms with Crippen LogP contribution in [-0.2, 0) is 11.3 Å². The molecule has 3 N–H and O–H groups in total. The molecule has 1 heterocycles. The minimum Gasteiger partial charge on any atom is -0.328 e. The van der Waals surface area contributed by atoms with Crippen LogP contribution in [0.25, 0.3) is 10.9 Å². The molecule has 4 nitrogen and oxygen atoms in total. The SMILES string of the molecule is CONc1ccc(CC(C)N)c(C)c1.c1ccc2ncccc2c1. The molecule has 1 atom stereocenters. The summed E-state index contributed by atoms with van der Waals surface area (Å²) in [5.41, 5.74) is 13.1. The van der Waals surface area contributed by atoms with Crippen molar-refractivity contribution in [2.75, 3.05) is 12.6 Å². The van der Waals surface area contributed by atoms with Crippen molar-refractivity contribution >= 4 is 16.6 Å². The molecule has 1 aromatic heterocycles. The van der Waals surface area contributed by atoms with E-state index in [4.69, 9.17) is 10.6 Å². The summed E-state index contributed by atoms with van der Waals surface area (Å²) in [6, 6.07) is 18.4. The van der Waals surface area contributed by atoms with Gasteiger partial charge in [-0.15, -0.1) is 0 Å². The van der Waals surface area contributed by atoms with E-state index in [1.165, 1.54) is 16.5 Å². The number of pyridine rings is 1.